The van der Waals surface area contributed by atoms with Crippen LogP contribution in [0.1, 0.15) is 13.8 Å². The quantitative estimate of drug-likeness (QED) is 0.334. The molecule has 0 spiro atoms. The van der Waals surface area contributed by atoms with Crippen LogP contribution in [-0.4, -0.2) is 27.9 Å². The van der Waals surface area contributed by atoms with Crippen LogP contribution in [-0.2, 0) is 14.3 Å². The molecule has 0 saturated carbocycles. The molecule has 3 heterocycles. The molecule has 0 unspecified atom stereocenters. The fourth-order valence-corrected chi connectivity index (χ4v) is 4.45. The van der Waals surface area contributed by atoms with Gasteiger partial charge >= 0.3 is 0 Å². The zero-order valence-corrected chi connectivity index (χ0v) is 14.4. The zero-order valence-electron chi connectivity index (χ0n) is 12.9. The standard InChI is InChI=1S/C16H13BrN2O5/c1-15-5-6-16(2,24-15)12-11(15)13(20)18(14(12)21)9-4-3-8(17)7-10(9)19(22)23/h3-7,11-12H,1-2H3/t11-,12+,15+,16-. The van der Waals surface area contributed by atoms with Crippen LogP contribution in [0.3, 0.4) is 0 Å². The van der Waals surface area contributed by atoms with Gasteiger partial charge in [0.1, 0.15) is 5.69 Å². The first-order valence-corrected chi connectivity index (χ1v) is 8.19. The molecule has 2 bridgehead atoms. The molecule has 0 aliphatic carbocycles. The smallest absolute Gasteiger partial charge is 0.294 e. The van der Waals surface area contributed by atoms with Gasteiger partial charge in [0.2, 0.25) is 11.8 Å². The average molecular weight is 393 g/mol. The van der Waals surface area contributed by atoms with E-state index in [-0.39, 0.29) is 11.4 Å². The molecule has 4 rings (SSSR count). The van der Waals surface area contributed by atoms with Gasteiger partial charge in [-0.25, -0.2) is 4.90 Å². The van der Waals surface area contributed by atoms with Crippen molar-refractivity contribution in [2.75, 3.05) is 4.90 Å². The molecule has 3 aliphatic heterocycles. The van der Waals surface area contributed by atoms with Gasteiger partial charge in [0.05, 0.1) is 28.0 Å². The van der Waals surface area contributed by atoms with Gasteiger partial charge in [0.25, 0.3) is 5.69 Å². The number of benzene rings is 1. The molecule has 2 fully saturated rings. The number of carbonyl (C=O) groups excluding carboxylic acids is 2. The summed E-state index contributed by atoms with van der Waals surface area (Å²) in [6.45, 7) is 3.54. The number of amides is 2. The highest BCUT2D eigenvalue weighted by Gasteiger charge is 2.70. The summed E-state index contributed by atoms with van der Waals surface area (Å²) in [7, 11) is 0. The maximum absolute atomic E-state index is 13.0. The molecule has 1 aromatic carbocycles. The van der Waals surface area contributed by atoms with Crippen molar-refractivity contribution >= 4 is 39.1 Å². The SMILES string of the molecule is C[C@]12C=C[C@](C)(O1)[C@H]1C(=O)N(c3ccc(Br)cc3[N+](=O)[O-])C(=O)[C@H]12. The summed E-state index contributed by atoms with van der Waals surface area (Å²) in [5.74, 6) is -2.23. The van der Waals surface area contributed by atoms with E-state index in [1.165, 1.54) is 12.1 Å². The topological polar surface area (TPSA) is 89.8 Å². The third kappa shape index (κ3) is 1.75. The number of nitro benzene ring substituents is 1. The Morgan fingerprint density at radius 3 is 2.21 bits per heavy atom. The van der Waals surface area contributed by atoms with Crippen molar-refractivity contribution in [1.82, 2.24) is 0 Å². The van der Waals surface area contributed by atoms with Crippen molar-refractivity contribution in [2.45, 2.75) is 25.0 Å². The van der Waals surface area contributed by atoms with E-state index in [1.54, 1.807) is 32.1 Å². The van der Waals surface area contributed by atoms with E-state index in [0.29, 0.717) is 4.47 Å². The molecule has 1 aromatic rings. The lowest BCUT2D eigenvalue weighted by Crippen LogP contribution is -2.39. The Morgan fingerprint density at radius 1 is 1.17 bits per heavy atom. The van der Waals surface area contributed by atoms with E-state index >= 15 is 0 Å². The first-order chi connectivity index (χ1) is 11.2. The van der Waals surface area contributed by atoms with E-state index in [4.69, 9.17) is 4.74 Å². The predicted molar refractivity (Wildman–Crippen MR) is 87.3 cm³/mol. The second-order valence-corrected chi connectivity index (χ2v) is 7.58. The van der Waals surface area contributed by atoms with Gasteiger partial charge in [-0.1, -0.05) is 28.1 Å². The van der Waals surface area contributed by atoms with Crippen LogP contribution in [0.4, 0.5) is 11.4 Å². The molecule has 8 heteroatoms. The Morgan fingerprint density at radius 2 is 1.71 bits per heavy atom. The lowest BCUT2D eigenvalue weighted by Gasteiger charge is -2.25. The van der Waals surface area contributed by atoms with Crippen LogP contribution in [0.15, 0.2) is 34.8 Å². The molecule has 124 valence electrons. The highest BCUT2D eigenvalue weighted by molar-refractivity contribution is 9.10. The fourth-order valence-electron chi connectivity index (χ4n) is 4.10. The number of rotatable bonds is 2. The Bertz CT molecular complexity index is 817. The van der Waals surface area contributed by atoms with Crippen LogP contribution in [0.2, 0.25) is 0 Å². The van der Waals surface area contributed by atoms with Crippen molar-refractivity contribution in [1.29, 1.82) is 0 Å². The summed E-state index contributed by atoms with van der Waals surface area (Å²) >= 11 is 3.18. The summed E-state index contributed by atoms with van der Waals surface area (Å²) in [6.07, 6.45) is 3.61. The van der Waals surface area contributed by atoms with Gasteiger partial charge in [0.15, 0.2) is 0 Å². The molecule has 2 amide bonds. The van der Waals surface area contributed by atoms with Crippen molar-refractivity contribution in [2.24, 2.45) is 11.8 Å². The zero-order chi connectivity index (χ0) is 17.4. The highest BCUT2D eigenvalue weighted by Crippen LogP contribution is 2.57. The molecule has 0 radical (unpaired) electrons. The Kier molecular flexibility index (Phi) is 2.91. The number of halogens is 1. The minimum absolute atomic E-state index is 0.000741. The van der Waals surface area contributed by atoms with Crippen LogP contribution in [0, 0.1) is 22.0 Å². The third-order valence-electron chi connectivity index (χ3n) is 5.10. The second kappa shape index (κ2) is 4.52. The van der Waals surface area contributed by atoms with E-state index in [0.717, 1.165) is 4.90 Å². The second-order valence-electron chi connectivity index (χ2n) is 6.66. The number of nitro groups is 1. The summed E-state index contributed by atoms with van der Waals surface area (Å²) < 4.78 is 6.42. The van der Waals surface area contributed by atoms with Crippen LogP contribution in [0.5, 0.6) is 0 Å². The van der Waals surface area contributed by atoms with Crippen molar-refractivity contribution in [3.63, 3.8) is 0 Å². The molecule has 2 saturated heterocycles. The van der Waals surface area contributed by atoms with Crippen LogP contribution < -0.4 is 4.90 Å². The Labute approximate surface area is 145 Å². The molecule has 7 nitrogen and oxygen atoms in total. The highest BCUT2D eigenvalue weighted by atomic mass is 79.9. The van der Waals surface area contributed by atoms with Gasteiger partial charge in [0, 0.05) is 10.5 Å². The third-order valence-corrected chi connectivity index (χ3v) is 5.59. The number of hydrogen-bond donors (Lipinski definition) is 0. The molecule has 4 atom stereocenters. The van der Waals surface area contributed by atoms with Crippen LogP contribution in [0.25, 0.3) is 0 Å². The molecule has 24 heavy (non-hydrogen) atoms. The monoisotopic (exact) mass is 392 g/mol. The molecule has 0 N–H and O–H groups in total. The average Bonchev–Trinajstić information content (AvgIpc) is 3.04. The van der Waals surface area contributed by atoms with E-state index in [2.05, 4.69) is 15.9 Å². The molecular formula is C16H13BrN2O5. The Hall–Kier alpha value is -2.06. The first kappa shape index (κ1) is 15.5. The van der Waals surface area contributed by atoms with E-state index < -0.39 is 39.8 Å². The summed E-state index contributed by atoms with van der Waals surface area (Å²) in [6, 6.07) is 4.28. The van der Waals surface area contributed by atoms with Gasteiger partial charge in [-0.3, -0.25) is 19.7 Å². The van der Waals surface area contributed by atoms with E-state index in [1.807, 2.05) is 0 Å². The number of ether oxygens (including phenoxy) is 1. The minimum Gasteiger partial charge on any atom is -0.359 e. The van der Waals surface area contributed by atoms with Gasteiger partial charge in [-0.2, -0.15) is 0 Å². The van der Waals surface area contributed by atoms with Crippen molar-refractivity contribution in [3.8, 4) is 0 Å². The lowest BCUT2D eigenvalue weighted by molar-refractivity contribution is -0.384. The van der Waals surface area contributed by atoms with Crippen LogP contribution >= 0.6 is 15.9 Å². The van der Waals surface area contributed by atoms with Gasteiger partial charge < -0.3 is 4.74 Å². The fraction of sp³-hybridized carbons (Fsp3) is 0.375. The summed E-state index contributed by atoms with van der Waals surface area (Å²) in [5, 5.41) is 11.4. The number of anilines is 1. The number of carbonyl (C=O) groups is 2. The first-order valence-electron chi connectivity index (χ1n) is 7.40. The molecule has 3 aliphatic rings. The maximum Gasteiger partial charge on any atom is 0.294 e. The normalized spacial score (nSPS) is 36.5. The Balaban J connectivity index is 1.85. The summed E-state index contributed by atoms with van der Waals surface area (Å²) in [5.41, 5.74) is -2.00. The molecular weight excluding hydrogens is 380 g/mol. The number of imide groups is 1. The summed E-state index contributed by atoms with van der Waals surface area (Å²) in [4.78, 5) is 37.6. The minimum atomic E-state index is -0.856. The predicted octanol–water partition coefficient (Wildman–Crippen LogP) is 2.58. The van der Waals surface area contributed by atoms with Crippen molar-refractivity contribution in [3.05, 3.63) is 44.9 Å². The molecule has 0 aromatic heterocycles. The lowest BCUT2D eigenvalue weighted by atomic mass is 9.73. The number of nitrogens with zero attached hydrogens (tertiary/aromatic N) is 2. The number of fused-ring (bicyclic) bond motifs is 5. The van der Waals surface area contributed by atoms with Gasteiger partial charge in [-0.15, -0.1) is 0 Å². The van der Waals surface area contributed by atoms with E-state index in [9.17, 15) is 19.7 Å². The number of hydrogen-bond acceptors (Lipinski definition) is 5. The largest absolute Gasteiger partial charge is 0.359 e. The van der Waals surface area contributed by atoms with Gasteiger partial charge in [-0.05, 0) is 26.0 Å². The van der Waals surface area contributed by atoms with Crippen molar-refractivity contribution < 1.29 is 19.2 Å². The maximum atomic E-state index is 13.0.